The van der Waals surface area contributed by atoms with Crippen molar-refractivity contribution in [2.24, 2.45) is 0 Å². The molecule has 16 heavy (non-hydrogen) atoms. The zero-order valence-corrected chi connectivity index (χ0v) is 9.99. The second-order valence-electron chi connectivity index (χ2n) is 3.72. The standard InChI is InChI=1S/C11H13ClN4/c1-7-11(12)8(2)16(15-7)6-10-5-9(13)3-4-14-10/h3-5H,6H2,1-2H3,(H2,13,14). The smallest absolute Gasteiger partial charge is 0.0844 e. The van der Waals surface area contributed by atoms with E-state index < -0.39 is 0 Å². The fraction of sp³-hybridized carbons (Fsp3) is 0.273. The Labute approximate surface area is 99.1 Å². The van der Waals surface area contributed by atoms with Gasteiger partial charge in [-0.15, -0.1) is 0 Å². The van der Waals surface area contributed by atoms with Gasteiger partial charge in [0, 0.05) is 11.9 Å². The Hall–Kier alpha value is -1.55. The van der Waals surface area contributed by atoms with E-state index in [1.54, 1.807) is 12.3 Å². The van der Waals surface area contributed by atoms with Gasteiger partial charge in [0.15, 0.2) is 0 Å². The van der Waals surface area contributed by atoms with Gasteiger partial charge in [-0.05, 0) is 26.0 Å². The molecule has 2 N–H and O–H groups in total. The first-order valence-corrected chi connectivity index (χ1v) is 5.35. The number of nitrogens with zero attached hydrogens (tertiary/aromatic N) is 3. The molecule has 2 heterocycles. The number of nitrogen functional groups attached to an aromatic ring is 1. The molecule has 0 aliphatic rings. The number of anilines is 1. The van der Waals surface area contributed by atoms with Crippen LogP contribution in [0.5, 0.6) is 0 Å². The van der Waals surface area contributed by atoms with Crippen molar-refractivity contribution in [3.8, 4) is 0 Å². The van der Waals surface area contributed by atoms with Crippen LogP contribution in [-0.4, -0.2) is 14.8 Å². The minimum atomic E-state index is 0.588. The normalized spacial score (nSPS) is 10.7. The minimum absolute atomic E-state index is 0.588. The molecule has 4 nitrogen and oxygen atoms in total. The third-order valence-corrected chi connectivity index (χ3v) is 2.99. The Kier molecular flexibility index (Phi) is 2.83. The third kappa shape index (κ3) is 2.02. The average molecular weight is 237 g/mol. The van der Waals surface area contributed by atoms with Gasteiger partial charge in [0.1, 0.15) is 0 Å². The number of aryl methyl sites for hydroxylation is 1. The van der Waals surface area contributed by atoms with E-state index in [9.17, 15) is 0 Å². The van der Waals surface area contributed by atoms with Gasteiger partial charge in [-0.2, -0.15) is 5.10 Å². The van der Waals surface area contributed by atoms with Gasteiger partial charge in [-0.1, -0.05) is 11.6 Å². The van der Waals surface area contributed by atoms with Gasteiger partial charge in [0.2, 0.25) is 0 Å². The fourth-order valence-corrected chi connectivity index (χ4v) is 1.70. The van der Waals surface area contributed by atoms with Crippen LogP contribution in [0, 0.1) is 13.8 Å². The highest BCUT2D eigenvalue weighted by Gasteiger charge is 2.09. The van der Waals surface area contributed by atoms with Gasteiger partial charge in [-0.25, -0.2) is 0 Å². The first kappa shape index (κ1) is 11.0. The van der Waals surface area contributed by atoms with Crippen LogP contribution in [0.4, 0.5) is 5.69 Å². The van der Waals surface area contributed by atoms with E-state index in [1.165, 1.54) is 0 Å². The molecule has 0 saturated heterocycles. The quantitative estimate of drug-likeness (QED) is 0.870. The molecular weight excluding hydrogens is 224 g/mol. The molecule has 2 aromatic heterocycles. The first-order chi connectivity index (χ1) is 7.58. The second kappa shape index (κ2) is 4.14. The molecule has 0 radical (unpaired) electrons. The van der Waals surface area contributed by atoms with Crippen LogP contribution in [0.25, 0.3) is 0 Å². The summed E-state index contributed by atoms with van der Waals surface area (Å²) in [6, 6.07) is 3.60. The molecule has 0 spiro atoms. The molecular formula is C11H13ClN4. The predicted molar refractivity (Wildman–Crippen MR) is 64.5 cm³/mol. The molecule has 0 aliphatic carbocycles. The Morgan fingerprint density at radius 3 is 2.75 bits per heavy atom. The predicted octanol–water partition coefficient (Wildman–Crippen LogP) is 2.18. The molecule has 0 atom stereocenters. The van der Waals surface area contributed by atoms with Crippen LogP contribution in [-0.2, 0) is 6.54 Å². The van der Waals surface area contributed by atoms with Gasteiger partial charge >= 0.3 is 0 Å². The lowest BCUT2D eigenvalue weighted by Gasteiger charge is -2.04. The number of aromatic nitrogens is 3. The van der Waals surface area contributed by atoms with Crippen molar-refractivity contribution in [2.45, 2.75) is 20.4 Å². The Morgan fingerprint density at radius 2 is 2.19 bits per heavy atom. The summed E-state index contributed by atoms with van der Waals surface area (Å²) in [6.07, 6.45) is 1.69. The summed E-state index contributed by atoms with van der Waals surface area (Å²) in [7, 11) is 0. The van der Waals surface area contributed by atoms with Crippen LogP contribution in [0.1, 0.15) is 17.1 Å². The topological polar surface area (TPSA) is 56.7 Å². The van der Waals surface area contributed by atoms with Gasteiger partial charge in [-0.3, -0.25) is 9.67 Å². The van der Waals surface area contributed by atoms with Crippen LogP contribution >= 0.6 is 11.6 Å². The number of pyridine rings is 1. The largest absolute Gasteiger partial charge is 0.399 e. The average Bonchev–Trinajstić information content (AvgIpc) is 2.47. The summed E-state index contributed by atoms with van der Waals surface area (Å²) in [6.45, 7) is 4.41. The highest BCUT2D eigenvalue weighted by molar-refractivity contribution is 6.31. The zero-order valence-electron chi connectivity index (χ0n) is 9.24. The fourth-order valence-electron chi connectivity index (χ4n) is 1.57. The van der Waals surface area contributed by atoms with Crippen molar-refractivity contribution in [1.82, 2.24) is 14.8 Å². The van der Waals surface area contributed by atoms with Gasteiger partial charge < -0.3 is 5.73 Å². The molecule has 0 aromatic carbocycles. The maximum absolute atomic E-state index is 6.07. The van der Waals surface area contributed by atoms with E-state index in [-0.39, 0.29) is 0 Å². The number of rotatable bonds is 2. The molecule has 2 aromatic rings. The van der Waals surface area contributed by atoms with E-state index >= 15 is 0 Å². The SMILES string of the molecule is Cc1nn(Cc2cc(N)ccn2)c(C)c1Cl. The highest BCUT2D eigenvalue weighted by Crippen LogP contribution is 2.19. The van der Waals surface area contributed by atoms with Crippen molar-refractivity contribution < 1.29 is 0 Å². The van der Waals surface area contributed by atoms with E-state index in [0.717, 1.165) is 17.1 Å². The maximum atomic E-state index is 6.07. The van der Waals surface area contributed by atoms with Gasteiger partial charge in [0.25, 0.3) is 0 Å². The Bertz CT molecular complexity index is 519. The maximum Gasteiger partial charge on any atom is 0.0844 e. The molecule has 0 bridgehead atoms. The monoisotopic (exact) mass is 236 g/mol. The first-order valence-electron chi connectivity index (χ1n) is 4.98. The van der Waals surface area contributed by atoms with Crippen LogP contribution in [0.15, 0.2) is 18.3 Å². The molecule has 0 aliphatic heterocycles. The number of halogens is 1. The third-order valence-electron chi connectivity index (χ3n) is 2.45. The van der Waals surface area contributed by atoms with Crippen LogP contribution < -0.4 is 5.73 Å². The zero-order chi connectivity index (χ0) is 11.7. The summed E-state index contributed by atoms with van der Waals surface area (Å²) < 4.78 is 1.83. The van der Waals surface area contributed by atoms with Crippen LogP contribution in [0.2, 0.25) is 5.02 Å². The van der Waals surface area contributed by atoms with E-state index in [0.29, 0.717) is 17.3 Å². The molecule has 84 valence electrons. The second-order valence-corrected chi connectivity index (χ2v) is 4.10. The van der Waals surface area contributed by atoms with Crippen LogP contribution in [0.3, 0.4) is 0 Å². The number of hydrogen-bond donors (Lipinski definition) is 1. The minimum Gasteiger partial charge on any atom is -0.399 e. The number of hydrogen-bond acceptors (Lipinski definition) is 3. The molecule has 5 heteroatoms. The van der Waals surface area contributed by atoms with E-state index in [1.807, 2.05) is 24.6 Å². The lowest BCUT2D eigenvalue weighted by atomic mass is 10.3. The van der Waals surface area contributed by atoms with E-state index in [4.69, 9.17) is 17.3 Å². The summed E-state index contributed by atoms with van der Waals surface area (Å²) in [5, 5.41) is 5.05. The van der Waals surface area contributed by atoms with Crippen molar-refractivity contribution in [1.29, 1.82) is 0 Å². The highest BCUT2D eigenvalue weighted by atomic mass is 35.5. The van der Waals surface area contributed by atoms with E-state index in [2.05, 4.69) is 10.1 Å². The van der Waals surface area contributed by atoms with Crippen molar-refractivity contribution in [3.63, 3.8) is 0 Å². The lowest BCUT2D eigenvalue weighted by molar-refractivity contribution is 0.647. The summed E-state index contributed by atoms with van der Waals surface area (Å²) in [5.74, 6) is 0. The Morgan fingerprint density at radius 1 is 1.44 bits per heavy atom. The summed E-state index contributed by atoms with van der Waals surface area (Å²) >= 11 is 6.07. The molecule has 0 saturated carbocycles. The lowest BCUT2D eigenvalue weighted by Crippen LogP contribution is -2.06. The molecule has 2 rings (SSSR count). The van der Waals surface area contributed by atoms with Crippen molar-refractivity contribution >= 4 is 17.3 Å². The summed E-state index contributed by atoms with van der Waals surface area (Å²) in [4.78, 5) is 4.23. The molecule has 0 amide bonds. The number of nitrogens with two attached hydrogens (primary N) is 1. The summed E-state index contributed by atoms with van der Waals surface area (Å²) in [5.41, 5.74) is 9.06. The molecule has 0 unspecified atom stereocenters. The Balaban J connectivity index is 2.30. The van der Waals surface area contributed by atoms with Gasteiger partial charge in [0.05, 0.1) is 28.6 Å². The molecule has 0 fully saturated rings. The van der Waals surface area contributed by atoms with Crippen molar-refractivity contribution in [3.05, 3.63) is 40.4 Å². The van der Waals surface area contributed by atoms with Crippen molar-refractivity contribution in [2.75, 3.05) is 5.73 Å².